The molecule has 0 radical (unpaired) electrons. The van der Waals surface area contributed by atoms with E-state index in [-0.39, 0.29) is 19.1 Å². The summed E-state index contributed by atoms with van der Waals surface area (Å²) in [5, 5.41) is 9.08. The van der Waals surface area contributed by atoms with E-state index in [0.717, 1.165) is 0 Å². The highest BCUT2D eigenvalue weighted by molar-refractivity contribution is 6.01. The largest absolute Gasteiger partial charge is 0.493 e. The quantitative estimate of drug-likeness (QED) is 0.687. The maximum Gasteiger partial charge on any atom is 0.259 e. The Morgan fingerprint density at radius 2 is 2.15 bits per heavy atom. The lowest BCUT2D eigenvalue weighted by Gasteiger charge is -2.23. The summed E-state index contributed by atoms with van der Waals surface area (Å²) in [5.74, 6) is 0.190. The second-order valence-corrected chi connectivity index (χ2v) is 4.16. The fourth-order valence-electron chi connectivity index (χ4n) is 1.85. The Morgan fingerprint density at radius 3 is 2.75 bits per heavy atom. The lowest BCUT2D eigenvalue weighted by atomic mass is 10.1. The predicted molar refractivity (Wildman–Crippen MR) is 76.9 cm³/mol. The molecule has 1 rings (SSSR count). The Hall–Kier alpha value is -1.79. The molecule has 0 saturated carbocycles. The van der Waals surface area contributed by atoms with Crippen LogP contribution < -0.4 is 10.5 Å². The standard InChI is InChI=1S/C14H22N2O4/c1-3-20-12-6-4-5-11(15)13(12)14(18)16(7-9-17)8-10-19-2/h4-6,17H,3,7-10,15H2,1-2H3. The van der Waals surface area contributed by atoms with Crippen molar-refractivity contribution in [2.24, 2.45) is 0 Å². The predicted octanol–water partition coefficient (Wildman–Crippen LogP) is 0.748. The van der Waals surface area contributed by atoms with Crippen LogP contribution in [0.3, 0.4) is 0 Å². The number of hydrogen-bond donors (Lipinski definition) is 2. The van der Waals surface area contributed by atoms with Crippen LogP contribution in [0.5, 0.6) is 5.75 Å². The number of carbonyl (C=O) groups is 1. The first-order valence-electron chi connectivity index (χ1n) is 6.56. The number of amides is 1. The molecule has 0 bridgehead atoms. The van der Waals surface area contributed by atoms with Crippen molar-refractivity contribution < 1.29 is 19.4 Å². The molecule has 0 aliphatic heterocycles. The third kappa shape index (κ3) is 4.11. The molecule has 0 heterocycles. The highest BCUT2D eigenvalue weighted by Gasteiger charge is 2.21. The summed E-state index contributed by atoms with van der Waals surface area (Å²) in [4.78, 5) is 14.1. The van der Waals surface area contributed by atoms with Crippen LogP contribution in [0.15, 0.2) is 18.2 Å². The Morgan fingerprint density at radius 1 is 1.40 bits per heavy atom. The van der Waals surface area contributed by atoms with E-state index in [9.17, 15) is 4.79 Å². The Labute approximate surface area is 119 Å². The number of methoxy groups -OCH3 is 1. The number of nitrogen functional groups attached to an aromatic ring is 1. The third-order valence-electron chi connectivity index (χ3n) is 2.79. The van der Waals surface area contributed by atoms with Gasteiger partial charge in [-0.25, -0.2) is 0 Å². The maximum atomic E-state index is 12.6. The molecule has 0 spiro atoms. The van der Waals surface area contributed by atoms with E-state index in [1.807, 2.05) is 6.92 Å². The van der Waals surface area contributed by atoms with Crippen molar-refractivity contribution in [1.82, 2.24) is 4.90 Å². The van der Waals surface area contributed by atoms with Gasteiger partial charge in [0.25, 0.3) is 5.91 Å². The molecule has 20 heavy (non-hydrogen) atoms. The van der Waals surface area contributed by atoms with Crippen LogP contribution in [0.4, 0.5) is 5.69 Å². The minimum absolute atomic E-state index is 0.119. The van der Waals surface area contributed by atoms with E-state index in [0.29, 0.717) is 36.8 Å². The van der Waals surface area contributed by atoms with Gasteiger partial charge in [0.15, 0.2) is 0 Å². The molecule has 1 aromatic rings. The number of aliphatic hydroxyl groups excluding tert-OH is 1. The second kappa shape index (κ2) is 8.39. The number of nitrogens with zero attached hydrogens (tertiary/aromatic N) is 1. The summed E-state index contributed by atoms with van der Waals surface area (Å²) in [6.45, 7) is 3.17. The van der Waals surface area contributed by atoms with Crippen LogP contribution in [-0.4, -0.2) is 55.9 Å². The summed E-state index contributed by atoms with van der Waals surface area (Å²) in [7, 11) is 1.56. The molecule has 6 nitrogen and oxygen atoms in total. The summed E-state index contributed by atoms with van der Waals surface area (Å²) in [6.07, 6.45) is 0. The Bertz CT molecular complexity index is 437. The highest BCUT2D eigenvalue weighted by atomic mass is 16.5. The van der Waals surface area contributed by atoms with E-state index < -0.39 is 0 Å². The molecule has 1 aromatic carbocycles. The Kier molecular flexibility index (Phi) is 6.83. The van der Waals surface area contributed by atoms with Crippen molar-refractivity contribution in [1.29, 1.82) is 0 Å². The number of carbonyl (C=O) groups excluding carboxylic acids is 1. The lowest BCUT2D eigenvalue weighted by molar-refractivity contribution is 0.0653. The second-order valence-electron chi connectivity index (χ2n) is 4.16. The van der Waals surface area contributed by atoms with E-state index in [1.54, 1.807) is 25.3 Å². The van der Waals surface area contributed by atoms with Crippen molar-refractivity contribution in [3.63, 3.8) is 0 Å². The molecule has 3 N–H and O–H groups in total. The van der Waals surface area contributed by atoms with Gasteiger partial charge >= 0.3 is 0 Å². The van der Waals surface area contributed by atoms with Crippen LogP contribution in [-0.2, 0) is 4.74 Å². The molecular formula is C14H22N2O4. The maximum absolute atomic E-state index is 12.6. The number of aliphatic hydroxyl groups is 1. The fraction of sp³-hybridized carbons (Fsp3) is 0.500. The van der Waals surface area contributed by atoms with Gasteiger partial charge in [-0.3, -0.25) is 4.79 Å². The van der Waals surface area contributed by atoms with E-state index in [4.69, 9.17) is 20.3 Å². The SMILES string of the molecule is CCOc1cccc(N)c1C(=O)N(CCO)CCOC. The normalized spacial score (nSPS) is 10.3. The van der Waals surface area contributed by atoms with Gasteiger partial charge in [0, 0.05) is 25.9 Å². The van der Waals surface area contributed by atoms with Crippen LogP contribution >= 0.6 is 0 Å². The number of hydrogen-bond acceptors (Lipinski definition) is 5. The van der Waals surface area contributed by atoms with Crippen LogP contribution in [0.2, 0.25) is 0 Å². The monoisotopic (exact) mass is 282 g/mol. The van der Waals surface area contributed by atoms with E-state index in [1.165, 1.54) is 4.90 Å². The highest BCUT2D eigenvalue weighted by Crippen LogP contribution is 2.26. The first-order chi connectivity index (χ1) is 9.65. The average Bonchev–Trinajstić information content (AvgIpc) is 2.43. The van der Waals surface area contributed by atoms with Crippen molar-refractivity contribution in [3.05, 3.63) is 23.8 Å². The molecule has 0 fully saturated rings. The van der Waals surface area contributed by atoms with Gasteiger partial charge < -0.3 is 25.2 Å². The molecule has 6 heteroatoms. The topological polar surface area (TPSA) is 85.0 Å². The zero-order valence-corrected chi connectivity index (χ0v) is 12.0. The van der Waals surface area contributed by atoms with E-state index >= 15 is 0 Å². The Balaban J connectivity index is 3.03. The molecule has 0 aliphatic rings. The van der Waals surface area contributed by atoms with E-state index in [2.05, 4.69) is 0 Å². The minimum Gasteiger partial charge on any atom is -0.493 e. The zero-order chi connectivity index (χ0) is 15.0. The molecule has 112 valence electrons. The molecular weight excluding hydrogens is 260 g/mol. The average molecular weight is 282 g/mol. The van der Waals surface area contributed by atoms with Gasteiger partial charge in [-0.05, 0) is 19.1 Å². The molecule has 1 amide bonds. The molecule has 0 atom stereocenters. The molecule has 0 saturated heterocycles. The van der Waals surface area contributed by atoms with Gasteiger partial charge in [-0.2, -0.15) is 0 Å². The molecule has 0 aliphatic carbocycles. The number of benzene rings is 1. The minimum atomic E-state index is -0.266. The smallest absolute Gasteiger partial charge is 0.259 e. The number of anilines is 1. The van der Waals surface area contributed by atoms with Gasteiger partial charge in [0.2, 0.25) is 0 Å². The van der Waals surface area contributed by atoms with Crippen molar-refractivity contribution >= 4 is 11.6 Å². The van der Waals surface area contributed by atoms with Crippen molar-refractivity contribution in [3.8, 4) is 5.75 Å². The molecule has 0 aromatic heterocycles. The molecule has 0 unspecified atom stereocenters. The van der Waals surface area contributed by atoms with Crippen LogP contribution in [0.1, 0.15) is 17.3 Å². The summed E-state index contributed by atoms with van der Waals surface area (Å²) >= 11 is 0. The van der Waals surface area contributed by atoms with Gasteiger partial charge in [-0.1, -0.05) is 6.07 Å². The lowest BCUT2D eigenvalue weighted by Crippen LogP contribution is -2.36. The first kappa shape index (κ1) is 16.3. The number of nitrogens with two attached hydrogens (primary N) is 1. The van der Waals surface area contributed by atoms with Crippen molar-refractivity contribution in [2.75, 3.05) is 45.8 Å². The number of ether oxygens (including phenoxy) is 2. The number of rotatable bonds is 8. The zero-order valence-electron chi connectivity index (χ0n) is 12.0. The fourth-order valence-corrected chi connectivity index (χ4v) is 1.85. The van der Waals surface area contributed by atoms with Gasteiger partial charge in [0.05, 0.1) is 19.8 Å². The van der Waals surface area contributed by atoms with Crippen molar-refractivity contribution in [2.45, 2.75) is 6.92 Å². The van der Waals surface area contributed by atoms with Crippen LogP contribution in [0.25, 0.3) is 0 Å². The van der Waals surface area contributed by atoms with Gasteiger partial charge in [-0.15, -0.1) is 0 Å². The third-order valence-corrected chi connectivity index (χ3v) is 2.79. The first-order valence-corrected chi connectivity index (χ1v) is 6.56. The van der Waals surface area contributed by atoms with Crippen LogP contribution in [0, 0.1) is 0 Å². The summed E-state index contributed by atoms with van der Waals surface area (Å²) in [5.41, 5.74) is 6.59. The summed E-state index contributed by atoms with van der Waals surface area (Å²) < 4.78 is 10.4. The van der Waals surface area contributed by atoms with Gasteiger partial charge in [0.1, 0.15) is 11.3 Å². The summed E-state index contributed by atoms with van der Waals surface area (Å²) in [6, 6.07) is 5.10.